The monoisotopic (exact) mass is 360 g/mol. The number of benzene rings is 1. The summed E-state index contributed by atoms with van der Waals surface area (Å²) in [6.07, 6.45) is 1.50. The molecule has 0 aliphatic carbocycles. The quantitative estimate of drug-likeness (QED) is 0.785. The molecule has 1 aliphatic rings. The summed E-state index contributed by atoms with van der Waals surface area (Å²) in [5.74, 6) is 0.533. The zero-order valence-corrected chi connectivity index (χ0v) is 16.7. The van der Waals surface area contributed by atoms with Gasteiger partial charge in [0, 0.05) is 5.69 Å². The Labute approximate surface area is 157 Å². The summed E-state index contributed by atoms with van der Waals surface area (Å²) in [4.78, 5) is 26.4. The van der Waals surface area contributed by atoms with E-state index in [-0.39, 0.29) is 17.8 Å². The molecule has 26 heavy (non-hydrogen) atoms. The Kier molecular flexibility index (Phi) is 7.21. The van der Waals surface area contributed by atoms with E-state index in [0.717, 1.165) is 31.6 Å². The van der Waals surface area contributed by atoms with Crippen molar-refractivity contribution in [3.05, 3.63) is 29.3 Å². The van der Waals surface area contributed by atoms with E-state index in [9.17, 15) is 9.59 Å². The Morgan fingerprint density at radius 3 is 2.12 bits per heavy atom. The summed E-state index contributed by atoms with van der Waals surface area (Å²) in [6.45, 7) is 10.4. The maximum atomic E-state index is 12.7. The third kappa shape index (κ3) is 5.07. The van der Waals surface area contributed by atoms with Crippen LogP contribution >= 0.6 is 0 Å². The molecule has 144 valence electrons. The number of carbonyl (C=O) groups is 2. The average molecular weight is 360 g/mol. The largest absolute Gasteiger partial charge is 0.469 e. The molecule has 1 saturated heterocycles. The molecular weight excluding hydrogens is 328 g/mol. The Morgan fingerprint density at radius 1 is 1.12 bits per heavy atom. The zero-order chi connectivity index (χ0) is 19.3. The lowest BCUT2D eigenvalue weighted by molar-refractivity contribution is -0.147. The van der Waals surface area contributed by atoms with Crippen LogP contribution in [0, 0.1) is 5.92 Å². The van der Waals surface area contributed by atoms with Crippen molar-refractivity contribution in [1.82, 2.24) is 4.90 Å². The molecule has 1 aliphatic heterocycles. The number of rotatable bonds is 6. The first-order chi connectivity index (χ1) is 12.3. The number of carbonyl (C=O) groups excluding carboxylic acids is 2. The van der Waals surface area contributed by atoms with E-state index < -0.39 is 0 Å². The summed E-state index contributed by atoms with van der Waals surface area (Å²) in [6, 6.07) is 6.25. The van der Waals surface area contributed by atoms with Crippen LogP contribution in [0.5, 0.6) is 0 Å². The van der Waals surface area contributed by atoms with Gasteiger partial charge in [0.05, 0.1) is 19.6 Å². The fourth-order valence-electron chi connectivity index (χ4n) is 3.57. The molecule has 1 fully saturated rings. The minimum atomic E-state index is -0.137. The molecule has 0 atom stereocenters. The van der Waals surface area contributed by atoms with Crippen LogP contribution in [0.3, 0.4) is 0 Å². The predicted molar refractivity (Wildman–Crippen MR) is 104 cm³/mol. The van der Waals surface area contributed by atoms with Crippen molar-refractivity contribution in [2.45, 2.75) is 52.4 Å². The lowest BCUT2D eigenvalue weighted by Crippen LogP contribution is -2.41. The fraction of sp³-hybridized carbons (Fsp3) is 0.619. The lowest BCUT2D eigenvalue weighted by Gasteiger charge is -2.30. The van der Waals surface area contributed by atoms with Crippen molar-refractivity contribution in [2.24, 2.45) is 5.92 Å². The predicted octanol–water partition coefficient (Wildman–Crippen LogP) is 3.76. The van der Waals surface area contributed by atoms with Crippen molar-refractivity contribution in [1.29, 1.82) is 0 Å². The molecule has 5 heteroatoms. The van der Waals surface area contributed by atoms with Crippen molar-refractivity contribution in [2.75, 3.05) is 32.1 Å². The highest BCUT2D eigenvalue weighted by Gasteiger charge is 2.26. The van der Waals surface area contributed by atoms with Gasteiger partial charge in [0.2, 0.25) is 5.91 Å². The molecule has 1 aromatic carbocycles. The lowest BCUT2D eigenvalue weighted by atomic mass is 9.92. The van der Waals surface area contributed by atoms with Gasteiger partial charge in [0.25, 0.3) is 0 Å². The second kappa shape index (κ2) is 9.17. The van der Waals surface area contributed by atoms with E-state index in [1.54, 1.807) is 0 Å². The van der Waals surface area contributed by atoms with Gasteiger partial charge in [-0.05, 0) is 48.9 Å². The van der Waals surface area contributed by atoms with Crippen LogP contribution in [0.4, 0.5) is 5.69 Å². The molecule has 1 heterocycles. The van der Waals surface area contributed by atoms with Gasteiger partial charge in [-0.3, -0.25) is 14.5 Å². The molecule has 1 aromatic rings. The van der Waals surface area contributed by atoms with E-state index in [2.05, 4.69) is 56.1 Å². The molecule has 0 radical (unpaired) electrons. The van der Waals surface area contributed by atoms with Crippen molar-refractivity contribution < 1.29 is 14.3 Å². The van der Waals surface area contributed by atoms with Crippen LogP contribution in [0.2, 0.25) is 0 Å². The number of hydrogen-bond acceptors (Lipinski definition) is 4. The molecule has 0 unspecified atom stereocenters. The van der Waals surface area contributed by atoms with E-state index in [0.29, 0.717) is 18.4 Å². The van der Waals surface area contributed by atoms with Gasteiger partial charge < -0.3 is 10.1 Å². The first kappa shape index (κ1) is 20.4. The van der Waals surface area contributed by atoms with Gasteiger partial charge in [-0.25, -0.2) is 0 Å². The minimum Gasteiger partial charge on any atom is -0.469 e. The number of likely N-dealkylation sites (tertiary alicyclic amines) is 1. The Bertz CT molecular complexity index is 606. The van der Waals surface area contributed by atoms with E-state index >= 15 is 0 Å². The summed E-state index contributed by atoms with van der Waals surface area (Å²) in [7, 11) is 1.43. The number of ether oxygens (including phenoxy) is 1. The van der Waals surface area contributed by atoms with E-state index in [1.165, 1.54) is 18.2 Å². The summed E-state index contributed by atoms with van der Waals surface area (Å²) in [5.41, 5.74) is 3.31. The molecule has 0 spiro atoms. The standard InChI is InChI=1S/C21H32N2O3/c1-14(2)17-7-6-8-18(15(3)4)20(17)22-19(24)13-23-11-9-16(10-12-23)21(25)26-5/h6-8,14-16H,9-13H2,1-5H3,(H,22,24). The highest BCUT2D eigenvalue weighted by Crippen LogP contribution is 2.32. The van der Waals surface area contributed by atoms with Gasteiger partial charge in [-0.15, -0.1) is 0 Å². The van der Waals surface area contributed by atoms with E-state index in [4.69, 9.17) is 4.74 Å². The third-order valence-electron chi connectivity index (χ3n) is 5.13. The minimum absolute atomic E-state index is 0.0107. The van der Waals surface area contributed by atoms with Gasteiger partial charge >= 0.3 is 5.97 Å². The SMILES string of the molecule is COC(=O)C1CCN(CC(=O)Nc2c(C(C)C)cccc2C(C)C)CC1. The number of hydrogen-bond donors (Lipinski definition) is 1. The van der Waals surface area contributed by atoms with Crippen LogP contribution in [0.15, 0.2) is 18.2 Å². The number of para-hydroxylation sites is 1. The zero-order valence-electron chi connectivity index (χ0n) is 16.7. The summed E-state index contributed by atoms with van der Waals surface area (Å²) in [5, 5.41) is 3.16. The first-order valence-corrected chi connectivity index (χ1v) is 9.56. The van der Waals surface area contributed by atoms with Gasteiger partial charge in [0.1, 0.15) is 0 Å². The van der Waals surface area contributed by atoms with Crippen molar-refractivity contribution in [3.8, 4) is 0 Å². The van der Waals surface area contributed by atoms with Crippen LogP contribution in [-0.2, 0) is 14.3 Å². The number of amides is 1. The fourth-order valence-corrected chi connectivity index (χ4v) is 3.57. The van der Waals surface area contributed by atoms with Crippen LogP contribution in [0.1, 0.15) is 63.5 Å². The Balaban J connectivity index is 2.01. The van der Waals surface area contributed by atoms with Crippen molar-refractivity contribution >= 4 is 17.6 Å². The molecule has 1 amide bonds. The number of nitrogens with zero attached hydrogens (tertiary/aromatic N) is 1. The van der Waals surface area contributed by atoms with Crippen LogP contribution in [-0.4, -0.2) is 43.5 Å². The molecule has 0 saturated carbocycles. The number of methoxy groups -OCH3 is 1. The second-order valence-electron chi connectivity index (χ2n) is 7.74. The molecular formula is C21H32N2O3. The molecule has 0 aromatic heterocycles. The normalized spacial score (nSPS) is 16.1. The molecule has 5 nitrogen and oxygen atoms in total. The highest BCUT2D eigenvalue weighted by atomic mass is 16.5. The molecule has 0 bridgehead atoms. The van der Waals surface area contributed by atoms with Crippen LogP contribution in [0.25, 0.3) is 0 Å². The maximum absolute atomic E-state index is 12.7. The average Bonchev–Trinajstić information content (AvgIpc) is 2.61. The summed E-state index contributed by atoms with van der Waals surface area (Å²) >= 11 is 0. The number of anilines is 1. The van der Waals surface area contributed by atoms with Crippen LogP contribution < -0.4 is 5.32 Å². The smallest absolute Gasteiger partial charge is 0.308 e. The number of esters is 1. The van der Waals surface area contributed by atoms with Gasteiger partial charge in [0.15, 0.2) is 0 Å². The highest BCUT2D eigenvalue weighted by molar-refractivity contribution is 5.94. The molecule has 2 rings (SSSR count). The van der Waals surface area contributed by atoms with Crippen molar-refractivity contribution in [3.63, 3.8) is 0 Å². The number of piperidine rings is 1. The Hall–Kier alpha value is -1.88. The maximum Gasteiger partial charge on any atom is 0.308 e. The summed E-state index contributed by atoms with van der Waals surface area (Å²) < 4.78 is 4.82. The third-order valence-corrected chi connectivity index (χ3v) is 5.13. The Morgan fingerprint density at radius 2 is 1.65 bits per heavy atom. The van der Waals surface area contributed by atoms with Gasteiger partial charge in [-0.2, -0.15) is 0 Å². The van der Waals surface area contributed by atoms with E-state index in [1.807, 2.05) is 0 Å². The number of nitrogens with one attached hydrogen (secondary N) is 1. The first-order valence-electron chi connectivity index (χ1n) is 9.56. The van der Waals surface area contributed by atoms with Gasteiger partial charge in [-0.1, -0.05) is 45.9 Å². The topological polar surface area (TPSA) is 58.6 Å². The second-order valence-corrected chi connectivity index (χ2v) is 7.74. The molecule has 1 N–H and O–H groups in total.